The molecule has 2 rings (SSSR count). The molecule has 96 valence electrons. The molecule has 0 aliphatic carbocycles. The van der Waals surface area contributed by atoms with Crippen LogP contribution in [0.1, 0.15) is 5.56 Å². The molecule has 1 aromatic carbocycles. The summed E-state index contributed by atoms with van der Waals surface area (Å²) in [5.41, 5.74) is 6.90. The molecule has 4 nitrogen and oxygen atoms in total. The van der Waals surface area contributed by atoms with Crippen LogP contribution in [0.25, 0.3) is 0 Å². The van der Waals surface area contributed by atoms with E-state index in [0.717, 1.165) is 21.2 Å². The monoisotopic (exact) mass is 281 g/mol. The molecule has 0 fully saturated rings. The Morgan fingerprint density at radius 1 is 1.44 bits per heavy atom. The molecule has 0 saturated carbocycles. The van der Waals surface area contributed by atoms with E-state index in [1.807, 2.05) is 30.5 Å². The lowest BCUT2D eigenvalue weighted by molar-refractivity contribution is 0.410. The van der Waals surface area contributed by atoms with Crippen LogP contribution in [0, 0.1) is 0 Å². The summed E-state index contributed by atoms with van der Waals surface area (Å²) in [5, 5.41) is 4.36. The van der Waals surface area contributed by atoms with E-state index in [9.17, 15) is 0 Å². The number of nitrogens with two attached hydrogens (primary N) is 1. The van der Waals surface area contributed by atoms with Gasteiger partial charge in [0.25, 0.3) is 0 Å². The van der Waals surface area contributed by atoms with Gasteiger partial charge in [-0.05, 0) is 23.9 Å². The van der Waals surface area contributed by atoms with E-state index in [0.29, 0.717) is 12.4 Å². The highest BCUT2D eigenvalue weighted by molar-refractivity contribution is 7.99. The number of aromatic nitrogens is 1. The van der Waals surface area contributed by atoms with Crippen LogP contribution in [-0.2, 0) is 6.54 Å². The number of rotatable bonds is 5. The first-order valence-electron chi connectivity index (χ1n) is 5.41. The minimum Gasteiger partial charge on any atom is -0.496 e. The Balaban J connectivity index is 2.11. The van der Waals surface area contributed by atoms with Crippen LogP contribution < -0.4 is 15.8 Å². The van der Waals surface area contributed by atoms with Gasteiger partial charge >= 0.3 is 0 Å². The zero-order chi connectivity index (χ0) is 13.0. The van der Waals surface area contributed by atoms with Crippen LogP contribution in [0.5, 0.6) is 5.75 Å². The van der Waals surface area contributed by atoms with Crippen LogP contribution in [0.4, 0.5) is 10.8 Å². The maximum atomic E-state index is 5.79. The van der Waals surface area contributed by atoms with Gasteiger partial charge in [-0.2, -0.15) is 4.37 Å². The first kappa shape index (κ1) is 13.0. The fraction of sp³-hybridized carbons (Fsp3) is 0.250. The standard InChI is InChI=1S/C12H15N3OS2/c1-16-9-6-4-3-5-8(9)7-14-12-10(17-2)11(13)15-18-12/h3-6,14H,7H2,1-2H3,(H2,13,15). The van der Waals surface area contributed by atoms with Crippen molar-refractivity contribution >= 4 is 34.1 Å². The van der Waals surface area contributed by atoms with Crippen molar-refractivity contribution in [2.24, 2.45) is 0 Å². The summed E-state index contributed by atoms with van der Waals surface area (Å²) >= 11 is 2.99. The number of benzene rings is 1. The predicted molar refractivity (Wildman–Crippen MR) is 78.6 cm³/mol. The zero-order valence-corrected chi connectivity index (χ0v) is 11.9. The molecule has 0 atom stereocenters. The van der Waals surface area contributed by atoms with E-state index in [4.69, 9.17) is 10.5 Å². The Morgan fingerprint density at radius 2 is 2.22 bits per heavy atom. The van der Waals surface area contributed by atoms with Crippen LogP contribution in [-0.4, -0.2) is 17.7 Å². The molecule has 0 amide bonds. The summed E-state index contributed by atoms with van der Waals surface area (Å²) in [6, 6.07) is 7.94. The van der Waals surface area contributed by atoms with Gasteiger partial charge in [-0.3, -0.25) is 0 Å². The maximum Gasteiger partial charge on any atom is 0.153 e. The third-order valence-corrected chi connectivity index (χ3v) is 4.28. The van der Waals surface area contributed by atoms with Gasteiger partial charge in [0, 0.05) is 12.1 Å². The molecular weight excluding hydrogens is 266 g/mol. The fourth-order valence-electron chi connectivity index (χ4n) is 1.63. The van der Waals surface area contributed by atoms with Crippen LogP contribution in [0.15, 0.2) is 29.2 Å². The predicted octanol–water partition coefficient (Wildman–Crippen LogP) is 3.07. The summed E-state index contributed by atoms with van der Waals surface area (Å²) in [5.74, 6) is 1.48. The third kappa shape index (κ3) is 2.70. The first-order chi connectivity index (χ1) is 8.76. The topological polar surface area (TPSA) is 60.2 Å². The molecule has 3 N–H and O–H groups in total. The van der Waals surface area contributed by atoms with Gasteiger partial charge in [0.15, 0.2) is 5.82 Å². The SMILES string of the molecule is COc1ccccc1CNc1snc(N)c1SC. The molecule has 18 heavy (non-hydrogen) atoms. The van der Waals surface area contributed by atoms with E-state index in [1.54, 1.807) is 18.9 Å². The molecule has 1 heterocycles. The quantitative estimate of drug-likeness (QED) is 0.825. The van der Waals surface area contributed by atoms with Crippen molar-refractivity contribution in [1.29, 1.82) is 0 Å². The van der Waals surface area contributed by atoms with Crippen LogP contribution in [0.2, 0.25) is 0 Å². The molecular formula is C12H15N3OS2. The number of para-hydroxylation sites is 1. The summed E-state index contributed by atoms with van der Waals surface area (Å²) in [7, 11) is 1.68. The second-order valence-electron chi connectivity index (χ2n) is 3.60. The Bertz CT molecular complexity index is 528. The second-order valence-corrected chi connectivity index (χ2v) is 5.19. The average Bonchev–Trinajstić information content (AvgIpc) is 2.77. The van der Waals surface area contributed by atoms with Crippen molar-refractivity contribution in [3.05, 3.63) is 29.8 Å². The fourth-order valence-corrected chi connectivity index (χ4v) is 3.17. The van der Waals surface area contributed by atoms with Gasteiger partial charge in [-0.15, -0.1) is 11.8 Å². The van der Waals surface area contributed by atoms with E-state index < -0.39 is 0 Å². The van der Waals surface area contributed by atoms with E-state index >= 15 is 0 Å². The number of nitrogens with one attached hydrogen (secondary N) is 1. The van der Waals surface area contributed by atoms with Gasteiger partial charge in [-0.25, -0.2) is 0 Å². The first-order valence-corrected chi connectivity index (χ1v) is 7.41. The average molecular weight is 281 g/mol. The van der Waals surface area contributed by atoms with Crippen molar-refractivity contribution in [1.82, 2.24) is 4.37 Å². The molecule has 0 aliphatic heterocycles. The lowest BCUT2D eigenvalue weighted by atomic mass is 10.2. The van der Waals surface area contributed by atoms with E-state index in [-0.39, 0.29) is 0 Å². The Labute approximate surface area is 115 Å². The number of anilines is 2. The number of nitrogen functional groups attached to an aromatic ring is 1. The van der Waals surface area contributed by atoms with Crippen molar-refractivity contribution in [3.63, 3.8) is 0 Å². The highest BCUT2D eigenvalue weighted by Crippen LogP contribution is 2.35. The summed E-state index contributed by atoms with van der Waals surface area (Å²) in [6.07, 6.45) is 1.99. The highest BCUT2D eigenvalue weighted by atomic mass is 32.2. The molecule has 6 heteroatoms. The molecule has 1 aromatic heterocycles. The van der Waals surface area contributed by atoms with E-state index in [2.05, 4.69) is 9.69 Å². The second kappa shape index (κ2) is 5.97. The van der Waals surface area contributed by atoms with Gasteiger partial charge in [0.2, 0.25) is 0 Å². The number of nitrogens with zero attached hydrogens (tertiary/aromatic N) is 1. The van der Waals surface area contributed by atoms with Gasteiger partial charge in [-0.1, -0.05) is 18.2 Å². The molecule has 0 bridgehead atoms. The number of hydrogen-bond donors (Lipinski definition) is 2. The van der Waals surface area contributed by atoms with Crippen molar-refractivity contribution in [2.75, 3.05) is 24.4 Å². The maximum absolute atomic E-state index is 5.79. The smallest absolute Gasteiger partial charge is 0.153 e. The lowest BCUT2D eigenvalue weighted by Gasteiger charge is -2.09. The number of hydrogen-bond acceptors (Lipinski definition) is 6. The number of thioether (sulfide) groups is 1. The third-order valence-electron chi connectivity index (χ3n) is 2.51. The van der Waals surface area contributed by atoms with E-state index in [1.165, 1.54) is 11.5 Å². The Hall–Kier alpha value is -1.40. The minimum absolute atomic E-state index is 0.593. The lowest BCUT2D eigenvalue weighted by Crippen LogP contribution is -2.01. The molecule has 2 aromatic rings. The molecule has 0 saturated heterocycles. The Kier molecular flexibility index (Phi) is 4.33. The highest BCUT2D eigenvalue weighted by Gasteiger charge is 2.10. The van der Waals surface area contributed by atoms with Crippen molar-refractivity contribution in [2.45, 2.75) is 11.4 Å². The van der Waals surface area contributed by atoms with Crippen molar-refractivity contribution < 1.29 is 4.74 Å². The number of methoxy groups -OCH3 is 1. The minimum atomic E-state index is 0.593. The molecule has 0 unspecified atom stereocenters. The summed E-state index contributed by atoms with van der Waals surface area (Å²) < 4.78 is 9.46. The van der Waals surface area contributed by atoms with Gasteiger partial charge < -0.3 is 15.8 Å². The largest absolute Gasteiger partial charge is 0.496 e. The van der Waals surface area contributed by atoms with Crippen LogP contribution >= 0.6 is 23.3 Å². The Morgan fingerprint density at radius 3 is 2.94 bits per heavy atom. The van der Waals surface area contributed by atoms with Crippen molar-refractivity contribution in [3.8, 4) is 5.75 Å². The molecule has 0 radical (unpaired) electrons. The number of ether oxygens (including phenoxy) is 1. The molecule has 0 spiro atoms. The van der Waals surface area contributed by atoms with Gasteiger partial charge in [0.1, 0.15) is 10.8 Å². The summed E-state index contributed by atoms with van der Waals surface area (Å²) in [4.78, 5) is 1.01. The summed E-state index contributed by atoms with van der Waals surface area (Å²) in [6.45, 7) is 0.694. The zero-order valence-electron chi connectivity index (χ0n) is 10.3. The molecule has 0 aliphatic rings. The normalized spacial score (nSPS) is 10.3. The van der Waals surface area contributed by atoms with Crippen LogP contribution in [0.3, 0.4) is 0 Å². The van der Waals surface area contributed by atoms with Gasteiger partial charge in [0.05, 0.1) is 12.0 Å².